The maximum atomic E-state index is 11.3. The van der Waals surface area contributed by atoms with E-state index < -0.39 is 5.97 Å². The number of urea groups is 1. The minimum absolute atomic E-state index is 0.000169. The van der Waals surface area contributed by atoms with Gasteiger partial charge in [0.15, 0.2) is 0 Å². The molecule has 5 nitrogen and oxygen atoms in total. The molecule has 0 aliphatic carbocycles. The number of carboxylic acid groups (broad SMARTS) is 1. The van der Waals surface area contributed by atoms with Crippen LogP contribution in [-0.2, 0) is 4.79 Å². The van der Waals surface area contributed by atoms with Crippen LogP contribution in [0.5, 0.6) is 0 Å². The van der Waals surface area contributed by atoms with Gasteiger partial charge in [-0.25, -0.2) is 4.79 Å². The van der Waals surface area contributed by atoms with Gasteiger partial charge in [-0.05, 0) is 19.3 Å². The molecule has 94 valence electrons. The lowest BCUT2D eigenvalue weighted by Gasteiger charge is -2.16. The summed E-state index contributed by atoms with van der Waals surface area (Å²) in [5.74, 6) is -0.823. The maximum absolute atomic E-state index is 11.3. The zero-order chi connectivity index (χ0) is 12.6. The van der Waals surface area contributed by atoms with Crippen molar-refractivity contribution in [3.63, 3.8) is 0 Å². The van der Waals surface area contributed by atoms with E-state index in [-0.39, 0.29) is 24.4 Å². The van der Waals surface area contributed by atoms with E-state index in [2.05, 4.69) is 10.6 Å². The highest BCUT2D eigenvalue weighted by molar-refractivity contribution is 5.74. The van der Waals surface area contributed by atoms with Crippen LogP contribution in [0.1, 0.15) is 40.0 Å². The van der Waals surface area contributed by atoms with Crippen LogP contribution in [0.2, 0.25) is 0 Å². The molecule has 16 heavy (non-hydrogen) atoms. The number of carboxylic acids is 1. The van der Waals surface area contributed by atoms with Crippen molar-refractivity contribution in [2.75, 3.05) is 6.54 Å². The number of amides is 2. The molecule has 0 saturated heterocycles. The third-order valence-electron chi connectivity index (χ3n) is 2.58. The number of rotatable bonds is 7. The second-order valence-corrected chi connectivity index (χ2v) is 4.04. The molecule has 2 atom stereocenters. The Morgan fingerprint density at radius 3 is 2.31 bits per heavy atom. The summed E-state index contributed by atoms with van der Waals surface area (Å²) in [5.41, 5.74) is 0. The van der Waals surface area contributed by atoms with E-state index in [0.717, 1.165) is 12.8 Å². The number of hydrogen-bond acceptors (Lipinski definition) is 2. The standard InChI is InChI=1S/C11H22N2O3/c1-4-8(3)13-11(16)12-7-9(5-2)6-10(14)15/h8-9H,4-7H2,1-3H3,(H,14,15)(H2,12,13,16). The Bertz CT molecular complexity index is 231. The highest BCUT2D eigenvalue weighted by Crippen LogP contribution is 2.06. The average Bonchev–Trinajstić information content (AvgIpc) is 2.23. The van der Waals surface area contributed by atoms with Crippen molar-refractivity contribution in [3.05, 3.63) is 0 Å². The van der Waals surface area contributed by atoms with Gasteiger partial charge in [-0.2, -0.15) is 0 Å². The number of hydrogen-bond donors (Lipinski definition) is 3. The molecular formula is C11H22N2O3. The van der Waals surface area contributed by atoms with Crippen molar-refractivity contribution in [2.24, 2.45) is 5.92 Å². The van der Waals surface area contributed by atoms with Crippen LogP contribution in [0.4, 0.5) is 4.79 Å². The Labute approximate surface area is 96.6 Å². The lowest BCUT2D eigenvalue weighted by Crippen LogP contribution is -2.42. The van der Waals surface area contributed by atoms with Gasteiger partial charge in [0.05, 0.1) is 0 Å². The lowest BCUT2D eigenvalue weighted by molar-refractivity contribution is -0.138. The number of nitrogens with one attached hydrogen (secondary N) is 2. The van der Waals surface area contributed by atoms with Crippen LogP contribution in [0.3, 0.4) is 0 Å². The Balaban J connectivity index is 3.83. The van der Waals surface area contributed by atoms with Crippen molar-refractivity contribution in [3.8, 4) is 0 Å². The van der Waals surface area contributed by atoms with Crippen molar-refractivity contribution < 1.29 is 14.7 Å². The quantitative estimate of drug-likeness (QED) is 0.621. The fourth-order valence-corrected chi connectivity index (χ4v) is 1.22. The first-order chi connectivity index (χ1) is 7.49. The first kappa shape index (κ1) is 14.7. The summed E-state index contributed by atoms with van der Waals surface area (Å²) in [6, 6.07) is -0.0854. The molecule has 0 saturated carbocycles. The molecule has 0 heterocycles. The summed E-state index contributed by atoms with van der Waals surface area (Å²) in [5, 5.41) is 14.1. The second-order valence-electron chi connectivity index (χ2n) is 4.04. The van der Waals surface area contributed by atoms with Crippen LogP contribution in [-0.4, -0.2) is 29.7 Å². The molecule has 0 fully saturated rings. The molecule has 3 N–H and O–H groups in total. The number of carbonyl (C=O) groups excluding carboxylic acids is 1. The van der Waals surface area contributed by atoms with Crippen molar-refractivity contribution in [2.45, 2.75) is 46.1 Å². The molecule has 0 radical (unpaired) electrons. The fraction of sp³-hybridized carbons (Fsp3) is 0.818. The van der Waals surface area contributed by atoms with Gasteiger partial charge in [0, 0.05) is 19.0 Å². The molecule has 0 aliphatic heterocycles. The normalized spacial score (nSPS) is 13.9. The molecule has 0 aromatic rings. The predicted octanol–water partition coefficient (Wildman–Crippen LogP) is 1.58. The van der Waals surface area contributed by atoms with Gasteiger partial charge in [-0.1, -0.05) is 20.3 Å². The molecule has 0 bridgehead atoms. The number of aliphatic carboxylic acids is 1. The van der Waals surface area contributed by atoms with E-state index in [1.54, 1.807) is 0 Å². The zero-order valence-electron chi connectivity index (χ0n) is 10.2. The second kappa shape index (κ2) is 7.96. The van der Waals surface area contributed by atoms with Crippen molar-refractivity contribution in [1.29, 1.82) is 0 Å². The van der Waals surface area contributed by atoms with Gasteiger partial charge >= 0.3 is 12.0 Å². The topological polar surface area (TPSA) is 78.4 Å². The Kier molecular flexibility index (Phi) is 7.33. The molecule has 0 aromatic heterocycles. The molecule has 5 heteroatoms. The summed E-state index contributed by atoms with van der Waals surface area (Å²) in [6.07, 6.45) is 1.72. The third kappa shape index (κ3) is 7.09. The van der Waals surface area contributed by atoms with E-state index >= 15 is 0 Å². The lowest BCUT2D eigenvalue weighted by atomic mass is 10.0. The Morgan fingerprint density at radius 2 is 1.88 bits per heavy atom. The predicted molar refractivity (Wildman–Crippen MR) is 62.3 cm³/mol. The van der Waals surface area contributed by atoms with Crippen LogP contribution in [0, 0.1) is 5.92 Å². The zero-order valence-corrected chi connectivity index (χ0v) is 10.2. The minimum atomic E-state index is -0.823. The maximum Gasteiger partial charge on any atom is 0.315 e. The molecule has 2 amide bonds. The molecule has 2 unspecified atom stereocenters. The van der Waals surface area contributed by atoms with E-state index in [9.17, 15) is 9.59 Å². The van der Waals surface area contributed by atoms with Crippen molar-refractivity contribution in [1.82, 2.24) is 10.6 Å². The summed E-state index contributed by atoms with van der Waals surface area (Å²) in [7, 11) is 0. The van der Waals surface area contributed by atoms with E-state index in [1.165, 1.54) is 0 Å². The Hall–Kier alpha value is -1.26. The van der Waals surface area contributed by atoms with Crippen molar-refractivity contribution >= 4 is 12.0 Å². The summed E-state index contributed by atoms with van der Waals surface area (Å²) < 4.78 is 0. The SMILES string of the molecule is CCC(CNC(=O)NC(C)CC)CC(=O)O. The Morgan fingerprint density at radius 1 is 1.25 bits per heavy atom. The smallest absolute Gasteiger partial charge is 0.315 e. The average molecular weight is 230 g/mol. The van der Waals surface area contributed by atoms with Crippen LogP contribution >= 0.6 is 0 Å². The highest BCUT2D eigenvalue weighted by Gasteiger charge is 2.12. The van der Waals surface area contributed by atoms with Gasteiger partial charge < -0.3 is 15.7 Å². The minimum Gasteiger partial charge on any atom is -0.481 e. The van der Waals surface area contributed by atoms with Crippen LogP contribution in [0.15, 0.2) is 0 Å². The summed E-state index contributed by atoms with van der Waals surface area (Å²) >= 11 is 0. The van der Waals surface area contributed by atoms with Gasteiger partial charge in [0.25, 0.3) is 0 Å². The fourth-order valence-electron chi connectivity index (χ4n) is 1.22. The largest absolute Gasteiger partial charge is 0.481 e. The van der Waals surface area contributed by atoms with E-state index in [1.807, 2.05) is 20.8 Å². The molecule has 0 spiro atoms. The van der Waals surface area contributed by atoms with E-state index in [4.69, 9.17) is 5.11 Å². The van der Waals surface area contributed by atoms with Gasteiger partial charge in [-0.15, -0.1) is 0 Å². The van der Waals surface area contributed by atoms with Crippen LogP contribution in [0.25, 0.3) is 0 Å². The monoisotopic (exact) mass is 230 g/mol. The number of carbonyl (C=O) groups is 2. The highest BCUT2D eigenvalue weighted by atomic mass is 16.4. The molecule has 0 rings (SSSR count). The first-order valence-electron chi connectivity index (χ1n) is 5.75. The summed E-state index contributed by atoms with van der Waals surface area (Å²) in [4.78, 5) is 21.9. The molecular weight excluding hydrogens is 208 g/mol. The third-order valence-corrected chi connectivity index (χ3v) is 2.58. The molecule has 0 aliphatic rings. The van der Waals surface area contributed by atoms with Gasteiger partial charge in [0.2, 0.25) is 0 Å². The van der Waals surface area contributed by atoms with E-state index in [0.29, 0.717) is 6.54 Å². The molecule has 0 aromatic carbocycles. The van der Waals surface area contributed by atoms with Gasteiger partial charge in [-0.3, -0.25) is 4.79 Å². The van der Waals surface area contributed by atoms with Gasteiger partial charge in [0.1, 0.15) is 0 Å². The first-order valence-corrected chi connectivity index (χ1v) is 5.75. The van der Waals surface area contributed by atoms with Crippen LogP contribution < -0.4 is 10.6 Å². The summed E-state index contributed by atoms with van der Waals surface area (Å²) in [6.45, 7) is 6.24.